The molecule has 0 saturated carbocycles. The van der Waals surface area contributed by atoms with Crippen molar-refractivity contribution in [3.63, 3.8) is 0 Å². The zero-order valence-corrected chi connectivity index (χ0v) is 15.0. The summed E-state index contributed by atoms with van der Waals surface area (Å²) in [7, 11) is 2.99. The second kappa shape index (κ2) is 9.39. The van der Waals surface area contributed by atoms with Gasteiger partial charge in [0.1, 0.15) is 0 Å². The molecule has 27 heavy (non-hydrogen) atoms. The maximum absolute atomic E-state index is 12.6. The van der Waals surface area contributed by atoms with Gasteiger partial charge in [0.05, 0.1) is 24.2 Å². The number of nitrogens with zero attached hydrogens (tertiary/aromatic N) is 1. The van der Waals surface area contributed by atoms with Gasteiger partial charge in [0.25, 0.3) is 11.6 Å². The van der Waals surface area contributed by atoms with Gasteiger partial charge in [-0.2, -0.15) is 0 Å². The summed E-state index contributed by atoms with van der Waals surface area (Å²) in [6, 6.07) is 8.79. The Bertz CT molecular complexity index is 825. The number of non-ortho nitro benzene ring substituents is 1. The number of hydrogen-bond donors (Lipinski definition) is 3. The first-order valence-electron chi connectivity index (χ1n) is 8.11. The lowest BCUT2D eigenvalue weighted by molar-refractivity contribution is -0.384. The normalized spacial score (nSPS) is 10.3. The smallest absolute Gasteiger partial charge is 0.270 e. The molecule has 0 aliphatic heterocycles. The summed E-state index contributed by atoms with van der Waals surface area (Å²) in [5.74, 6) is -0.191. The number of phenols is 1. The molecule has 0 aromatic heterocycles. The summed E-state index contributed by atoms with van der Waals surface area (Å²) in [5.41, 5.74) is 1.09. The summed E-state index contributed by atoms with van der Waals surface area (Å²) in [4.78, 5) is 23.0. The van der Waals surface area contributed by atoms with Crippen LogP contribution in [0.3, 0.4) is 0 Å². The molecule has 0 unspecified atom stereocenters. The molecule has 2 aromatic rings. The molecule has 0 bridgehead atoms. The zero-order valence-electron chi connectivity index (χ0n) is 15.0. The van der Waals surface area contributed by atoms with E-state index >= 15 is 0 Å². The van der Waals surface area contributed by atoms with Gasteiger partial charge in [-0.15, -0.1) is 0 Å². The largest absolute Gasteiger partial charge is 0.504 e. The number of hydrogen-bond acceptors (Lipinski definition) is 7. The van der Waals surface area contributed by atoms with Crippen molar-refractivity contribution in [1.82, 2.24) is 5.32 Å². The van der Waals surface area contributed by atoms with Crippen LogP contribution in [-0.2, 0) is 11.3 Å². The molecule has 9 heteroatoms. The van der Waals surface area contributed by atoms with Crippen LogP contribution in [0, 0.1) is 10.1 Å². The second-order valence-corrected chi connectivity index (χ2v) is 5.60. The predicted octanol–water partition coefficient (Wildman–Crippen LogP) is 2.30. The van der Waals surface area contributed by atoms with Crippen molar-refractivity contribution in [3.05, 3.63) is 57.6 Å². The number of rotatable bonds is 9. The Balaban J connectivity index is 2.16. The summed E-state index contributed by atoms with van der Waals surface area (Å²) < 4.78 is 9.93. The van der Waals surface area contributed by atoms with Gasteiger partial charge in [-0.05, 0) is 23.8 Å². The molecule has 2 aromatic carbocycles. The molecule has 0 atom stereocenters. The van der Waals surface area contributed by atoms with Crippen LogP contribution in [-0.4, -0.2) is 43.3 Å². The Morgan fingerprint density at radius 3 is 2.63 bits per heavy atom. The van der Waals surface area contributed by atoms with E-state index in [0.29, 0.717) is 30.2 Å². The number of anilines is 1. The molecule has 0 aliphatic carbocycles. The van der Waals surface area contributed by atoms with Crippen LogP contribution in [0.1, 0.15) is 15.9 Å². The molecule has 0 saturated heterocycles. The lowest BCUT2D eigenvalue weighted by Crippen LogP contribution is -2.24. The van der Waals surface area contributed by atoms with Gasteiger partial charge in [-0.1, -0.05) is 6.07 Å². The Morgan fingerprint density at radius 1 is 1.22 bits per heavy atom. The molecule has 144 valence electrons. The number of carbonyl (C=O) groups is 1. The number of phenolic OH excluding ortho intramolecular Hbond substituents is 1. The van der Waals surface area contributed by atoms with Gasteiger partial charge >= 0.3 is 0 Å². The fourth-order valence-electron chi connectivity index (χ4n) is 2.40. The van der Waals surface area contributed by atoms with Crippen LogP contribution < -0.4 is 15.4 Å². The fourth-order valence-corrected chi connectivity index (χ4v) is 2.40. The van der Waals surface area contributed by atoms with E-state index in [4.69, 9.17) is 9.47 Å². The topological polar surface area (TPSA) is 123 Å². The number of aromatic hydroxyl groups is 1. The third-order valence-electron chi connectivity index (χ3n) is 3.78. The van der Waals surface area contributed by atoms with E-state index in [1.807, 2.05) is 0 Å². The molecular formula is C18H21N3O6. The number of methoxy groups -OCH3 is 2. The van der Waals surface area contributed by atoms with E-state index in [9.17, 15) is 20.0 Å². The van der Waals surface area contributed by atoms with Crippen LogP contribution in [0.15, 0.2) is 36.4 Å². The van der Waals surface area contributed by atoms with Crippen LogP contribution >= 0.6 is 0 Å². The molecule has 2 rings (SSSR count). The highest BCUT2D eigenvalue weighted by molar-refractivity contribution is 6.00. The van der Waals surface area contributed by atoms with Crippen molar-refractivity contribution in [2.45, 2.75) is 6.54 Å². The molecule has 0 radical (unpaired) electrons. The first kappa shape index (κ1) is 20.0. The summed E-state index contributed by atoms with van der Waals surface area (Å²) in [6.07, 6.45) is 0. The van der Waals surface area contributed by atoms with Crippen molar-refractivity contribution in [2.75, 3.05) is 32.7 Å². The number of amides is 1. The number of nitro benzene ring substituents is 1. The number of carbonyl (C=O) groups excluding carboxylic acids is 1. The van der Waals surface area contributed by atoms with Crippen molar-refractivity contribution < 1.29 is 24.3 Å². The van der Waals surface area contributed by atoms with Crippen molar-refractivity contribution in [2.24, 2.45) is 0 Å². The summed E-state index contributed by atoms with van der Waals surface area (Å²) in [6.45, 7) is 1.00. The van der Waals surface area contributed by atoms with E-state index in [0.717, 1.165) is 0 Å². The minimum Gasteiger partial charge on any atom is -0.504 e. The molecule has 9 nitrogen and oxygen atoms in total. The van der Waals surface area contributed by atoms with E-state index in [2.05, 4.69) is 10.6 Å². The fraction of sp³-hybridized carbons (Fsp3) is 0.278. The van der Waals surface area contributed by atoms with Crippen LogP contribution in [0.4, 0.5) is 11.4 Å². The highest BCUT2D eigenvalue weighted by atomic mass is 16.6. The van der Waals surface area contributed by atoms with Crippen LogP contribution in [0.25, 0.3) is 0 Å². The van der Waals surface area contributed by atoms with Gasteiger partial charge < -0.3 is 25.2 Å². The molecule has 0 aliphatic rings. The van der Waals surface area contributed by atoms with E-state index in [1.165, 1.54) is 31.4 Å². The lowest BCUT2D eigenvalue weighted by atomic mass is 10.1. The zero-order chi connectivity index (χ0) is 19.8. The van der Waals surface area contributed by atoms with E-state index in [1.54, 1.807) is 19.2 Å². The third-order valence-corrected chi connectivity index (χ3v) is 3.78. The highest BCUT2D eigenvalue weighted by Crippen LogP contribution is 2.26. The minimum absolute atomic E-state index is 0.0403. The lowest BCUT2D eigenvalue weighted by Gasteiger charge is -2.12. The number of nitro groups is 1. The first-order chi connectivity index (χ1) is 13.0. The van der Waals surface area contributed by atoms with Gasteiger partial charge in [0.15, 0.2) is 11.5 Å². The molecule has 0 heterocycles. The maximum atomic E-state index is 12.6. The predicted molar refractivity (Wildman–Crippen MR) is 99.3 cm³/mol. The van der Waals surface area contributed by atoms with E-state index < -0.39 is 10.8 Å². The number of benzene rings is 2. The Hall–Kier alpha value is -3.33. The van der Waals surface area contributed by atoms with Crippen LogP contribution in [0.2, 0.25) is 0 Å². The van der Waals surface area contributed by atoms with Crippen molar-refractivity contribution >= 4 is 17.3 Å². The average Bonchev–Trinajstić information content (AvgIpc) is 2.66. The van der Waals surface area contributed by atoms with E-state index in [-0.39, 0.29) is 23.5 Å². The maximum Gasteiger partial charge on any atom is 0.270 e. The van der Waals surface area contributed by atoms with Gasteiger partial charge in [-0.25, -0.2) is 0 Å². The average molecular weight is 375 g/mol. The molecule has 3 N–H and O–H groups in total. The Kier molecular flexibility index (Phi) is 6.95. The summed E-state index contributed by atoms with van der Waals surface area (Å²) in [5, 5.41) is 26.5. The van der Waals surface area contributed by atoms with Crippen molar-refractivity contribution in [1.29, 1.82) is 0 Å². The quantitative estimate of drug-likeness (QED) is 0.349. The summed E-state index contributed by atoms with van der Waals surface area (Å²) >= 11 is 0. The third kappa shape index (κ3) is 5.32. The second-order valence-electron chi connectivity index (χ2n) is 5.60. The molecule has 0 spiro atoms. The highest BCUT2D eigenvalue weighted by Gasteiger charge is 2.17. The van der Waals surface area contributed by atoms with Gasteiger partial charge in [0.2, 0.25) is 0 Å². The first-order valence-corrected chi connectivity index (χ1v) is 8.11. The molecule has 0 fully saturated rings. The van der Waals surface area contributed by atoms with Crippen molar-refractivity contribution in [3.8, 4) is 11.5 Å². The molecular weight excluding hydrogens is 354 g/mol. The van der Waals surface area contributed by atoms with Gasteiger partial charge in [-0.3, -0.25) is 14.9 Å². The number of nitrogens with one attached hydrogen (secondary N) is 2. The SMILES string of the molecule is COCCNc1ccc([N+](=O)[O-])cc1C(=O)NCc1ccc(OC)c(O)c1. The standard InChI is InChI=1S/C18H21N3O6/c1-26-8-7-19-15-5-4-13(21(24)25)10-14(15)18(23)20-11-12-3-6-17(27-2)16(22)9-12/h3-6,9-10,19,22H,7-8,11H2,1-2H3,(H,20,23). The van der Waals surface area contributed by atoms with Gasteiger partial charge in [0, 0.05) is 38.0 Å². The monoisotopic (exact) mass is 375 g/mol. The molecule has 1 amide bonds. The number of ether oxygens (including phenoxy) is 2. The minimum atomic E-state index is -0.558. The Morgan fingerprint density at radius 2 is 2.00 bits per heavy atom. The van der Waals surface area contributed by atoms with Crippen LogP contribution in [0.5, 0.6) is 11.5 Å². The Labute approximate surface area is 156 Å².